The first-order valence-electron chi connectivity index (χ1n) is 15.8. The molecule has 0 aliphatic carbocycles. The van der Waals surface area contributed by atoms with Gasteiger partial charge in [0.1, 0.15) is 17.5 Å². The summed E-state index contributed by atoms with van der Waals surface area (Å²) in [5.74, 6) is -1.96. The second kappa shape index (κ2) is 13.1. The summed E-state index contributed by atoms with van der Waals surface area (Å²) in [6.45, 7) is 7.42. The van der Waals surface area contributed by atoms with Crippen LogP contribution in [0, 0.1) is 5.41 Å². The smallest absolute Gasteiger partial charge is 0.419 e. The second-order valence-electron chi connectivity index (χ2n) is 13.0. The first-order chi connectivity index (χ1) is 23.2. The Morgan fingerprint density at radius 3 is 2.47 bits per heavy atom. The molecule has 5 N–H and O–H groups in total. The summed E-state index contributed by atoms with van der Waals surface area (Å²) in [5.41, 5.74) is 6.49. The van der Waals surface area contributed by atoms with Gasteiger partial charge >= 0.3 is 6.09 Å². The van der Waals surface area contributed by atoms with Gasteiger partial charge in [0.25, 0.3) is 5.91 Å². The number of amidine groups is 1. The summed E-state index contributed by atoms with van der Waals surface area (Å²) in [7, 11) is 0. The highest BCUT2D eigenvalue weighted by molar-refractivity contribution is 7.10. The van der Waals surface area contributed by atoms with Crippen molar-refractivity contribution in [3.05, 3.63) is 69.9 Å². The zero-order valence-electron chi connectivity index (χ0n) is 27.5. The monoisotopic (exact) mass is 690 g/mol. The van der Waals surface area contributed by atoms with Crippen molar-refractivity contribution in [2.24, 2.45) is 5.73 Å². The molecular formula is C34H38N6O8S. The van der Waals surface area contributed by atoms with Crippen LogP contribution < -0.4 is 26.0 Å². The SMILES string of the molecule is C[C@@H](NC(=O)[C@@H]1CC2(CN1C(=O)CNC(=O)c1ccc3c(c1)Oc1ccccc1N3C(=O)OC(C)(C)C)OCCO2)c1cc(C(=N)N)cs1. The Balaban J connectivity index is 1.15. The van der Waals surface area contributed by atoms with Crippen LogP contribution in [0.1, 0.15) is 61.0 Å². The topological polar surface area (TPSA) is 186 Å². The number of nitrogen functional groups attached to an aromatic ring is 1. The highest BCUT2D eigenvalue weighted by Crippen LogP contribution is 2.47. The third-order valence-corrected chi connectivity index (χ3v) is 9.33. The number of benzene rings is 2. The number of anilines is 2. The molecule has 3 aliphatic heterocycles. The van der Waals surface area contributed by atoms with Crippen molar-refractivity contribution in [3.8, 4) is 11.5 Å². The second-order valence-corrected chi connectivity index (χ2v) is 13.9. The molecule has 4 heterocycles. The average Bonchev–Trinajstić information content (AvgIpc) is 3.82. The van der Waals surface area contributed by atoms with Gasteiger partial charge in [0.2, 0.25) is 11.8 Å². The number of hydrogen-bond donors (Lipinski definition) is 4. The Hall–Kier alpha value is -4.99. The number of carbonyl (C=O) groups is 4. The van der Waals surface area contributed by atoms with Crippen molar-refractivity contribution in [1.82, 2.24) is 15.5 Å². The highest BCUT2D eigenvalue weighted by atomic mass is 32.1. The molecule has 3 aliphatic rings. The number of nitrogens with two attached hydrogens (primary N) is 1. The van der Waals surface area contributed by atoms with Crippen molar-refractivity contribution >= 4 is 52.4 Å². The largest absolute Gasteiger partial charge is 0.453 e. The molecule has 3 aromatic rings. The number of ether oxygens (including phenoxy) is 4. The highest BCUT2D eigenvalue weighted by Gasteiger charge is 2.52. The van der Waals surface area contributed by atoms with Crippen molar-refractivity contribution < 1.29 is 38.1 Å². The first kappa shape index (κ1) is 33.9. The Labute approximate surface area is 286 Å². The van der Waals surface area contributed by atoms with Crippen LogP contribution in [0.3, 0.4) is 0 Å². The predicted octanol–water partition coefficient (Wildman–Crippen LogP) is 4.16. The molecule has 2 fully saturated rings. The van der Waals surface area contributed by atoms with Crippen LogP contribution in [0.5, 0.6) is 11.5 Å². The molecule has 0 saturated carbocycles. The lowest BCUT2D eigenvalue weighted by Gasteiger charge is -2.32. The van der Waals surface area contributed by atoms with Crippen molar-refractivity contribution in [1.29, 1.82) is 5.41 Å². The van der Waals surface area contributed by atoms with E-state index >= 15 is 0 Å². The number of amides is 4. The van der Waals surface area contributed by atoms with Crippen LogP contribution in [0.2, 0.25) is 0 Å². The van der Waals surface area contributed by atoms with Gasteiger partial charge in [-0.2, -0.15) is 0 Å². The van der Waals surface area contributed by atoms with E-state index in [-0.39, 0.29) is 30.1 Å². The van der Waals surface area contributed by atoms with Gasteiger partial charge in [0.15, 0.2) is 17.3 Å². The van der Waals surface area contributed by atoms with Gasteiger partial charge in [-0.1, -0.05) is 12.1 Å². The zero-order valence-corrected chi connectivity index (χ0v) is 28.3. The summed E-state index contributed by atoms with van der Waals surface area (Å²) in [4.78, 5) is 57.3. The molecule has 1 spiro atoms. The van der Waals surface area contributed by atoms with Crippen LogP contribution in [0.15, 0.2) is 53.9 Å². The summed E-state index contributed by atoms with van der Waals surface area (Å²) in [6, 6.07) is 12.0. The predicted molar refractivity (Wildman–Crippen MR) is 180 cm³/mol. The van der Waals surface area contributed by atoms with Crippen molar-refractivity contribution in [3.63, 3.8) is 0 Å². The number of nitrogens with zero attached hydrogens (tertiary/aromatic N) is 2. The van der Waals surface area contributed by atoms with Gasteiger partial charge in [-0.05, 0) is 64.1 Å². The van der Waals surface area contributed by atoms with E-state index in [0.29, 0.717) is 35.9 Å². The standard InChI is InChI=1S/C34H38N6O8S/c1-19(27-14-21(17-49-27)29(35)36)38-31(43)24-15-34(45-11-12-46-34)18-39(24)28(41)16-37-30(42)20-9-10-23-26(13-20)47-25-8-6-5-7-22(25)40(23)32(44)48-33(2,3)4/h5-10,13-14,17,19,24H,11-12,15-16,18H2,1-4H3,(H3,35,36)(H,37,42)(H,38,43)/t19-,24+/m1/s1. The Kier molecular flexibility index (Phi) is 9.09. The summed E-state index contributed by atoms with van der Waals surface area (Å²) >= 11 is 1.37. The molecular weight excluding hydrogens is 652 g/mol. The first-order valence-corrected chi connectivity index (χ1v) is 16.6. The summed E-state index contributed by atoms with van der Waals surface area (Å²) in [6.07, 6.45) is -0.471. The minimum Gasteiger partial charge on any atom is -0.453 e. The van der Waals surface area contributed by atoms with Gasteiger partial charge in [-0.25, -0.2) is 9.69 Å². The van der Waals surface area contributed by atoms with E-state index in [2.05, 4.69) is 10.6 Å². The minimum absolute atomic E-state index is 0.0221. The molecule has 0 radical (unpaired) electrons. The Bertz CT molecular complexity index is 1810. The summed E-state index contributed by atoms with van der Waals surface area (Å²) < 4.78 is 23.4. The van der Waals surface area contributed by atoms with Crippen LogP contribution in [-0.2, 0) is 23.8 Å². The minimum atomic E-state index is -1.11. The molecule has 15 heteroatoms. The number of fused-ring (bicyclic) bond motifs is 2. The van der Waals surface area contributed by atoms with Gasteiger partial charge < -0.3 is 40.2 Å². The van der Waals surface area contributed by atoms with E-state index in [1.54, 1.807) is 69.5 Å². The Morgan fingerprint density at radius 1 is 1.06 bits per heavy atom. The van der Waals surface area contributed by atoms with Gasteiger partial charge in [0, 0.05) is 27.8 Å². The Morgan fingerprint density at radius 2 is 1.78 bits per heavy atom. The molecule has 2 saturated heterocycles. The fraction of sp³-hybridized carbons (Fsp3) is 0.382. The number of para-hydroxylation sites is 2. The van der Waals surface area contributed by atoms with Crippen molar-refractivity contribution in [2.45, 2.75) is 57.6 Å². The molecule has 0 bridgehead atoms. The number of rotatable bonds is 7. The lowest BCUT2D eigenvalue weighted by atomic mass is 10.1. The molecule has 0 unspecified atom stereocenters. The van der Waals surface area contributed by atoms with Crippen LogP contribution in [-0.4, -0.2) is 78.3 Å². The normalized spacial score (nSPS) is 18.2. The molecule has 4 amide bonds. The molecule has 14 nitrogen and oxygen atoms in total. The van der Waals surface area contributed by atoms with Gasteiger partial charge in [-0.3, -0.25) is 19.8 Å². The van der Waals surface area contributed by atoms with E-state index < -0.39 is 53.8 Å². The maximum Gasteiger partial charge on any atom is 0.419 e. The van der Waals surface area contributed by atoms with E-state index in [0.717, 1.165) is 4.88 Å². The van der Waals surface area contributed by atoms with E-state index in [1.165, 1.54) is 33.3 Å². The third kappa shape index (κ3) is 7.09. The van der Waals surface area contributed by atoms with Gasteiger partial charge in [-0.15, -0.1) is 11.3 Å². The van der Waals surface area contributed by atoms with Crippen LogP contribution in [0.4, 0.5) is 16.2 Å². The van der Waals surface area contributed by atoms with Crippen LogP contribution in [0.25, 0.3) is 0 Å². The molecule has 49 heavy (non-hydrogen) atoms. The number of carbonyl (C=O) groups excluding carboxylic acids is 4. The molecule has 2 atom stereocenters. The lowest BCUT2D eigenvalue weighted by Crippen LogP contribution is -2.49. The zero-order chi connectivity index (χ0) is 35.1. The number of hydrogen-bond acceptors (Lipinski definition) is 10. The quantitative estimate of drug-likeness (QED) is 0.209. The number of likely N-dealkylation sites (tertiary alicyclic amines) is 1. The molecule has 6 rings (SSSR count). The molecule has 258 valence electrons. The fourth-order valence-corrected chi connectivity index (χ4v) is 6.82. The molecule has 1 aromatic heterocycles. The number of nitrogens with one attached hydrogen (secondary N) is 3. The van der Waals surface area contributed by atoms with Crippen LogP contribution >= 0.6 is 11.3 Å². The van der Waals surface area contributed by atoms with Gasteiger partial charge in [0.05, 0.1) is 43.7 Å². The van der Waals surface area contributed by atoms with Crippen molar-refractivity contribution in [2.75, 3.05) is 31.2 Å². The third-order valence-electron chi connectivity index (χ3n) is 8.21. The van der Waals surface area contributed by atoms with E-state index in [9.17, 15) is 19.2 Å². The van der Waals surface area contributed by atoms with E-state index in [4.69, 9.17) is 30.1 Å². The lowest BCUT2D eigenvalue weighted by molar-refractivity contribution is -0.152. The molecule has 2 aromatic carbocycles. The number of thiophene rings is 1. The summed E-state index contributed by atoms with van der Waals surface area (Å²) in [5, 5.41) is 15.0. The van der Waals surface area contributed by atoms with E-state index in [1.807, 2.05) is 0 Å². The maximum absolute atomic E-state index is 13.6. The fourth-order valence-electron chi connectivity index (χ4n) is 5.91. The average molecular weight is 691 g/mol. The maximum atomic E-state index is 13.6.